The topological polar surface area (TPSA) is 38.9 Å². The fraction of sp³-hybridized carbons (Fsp3) is 0. The van der Waals surface area contributed by atoms with Crippen LogP contribution in [-0.4, -0.2) is 4.98 Å². The molecule has 2 N–H and O–H groups in total. The Morgan fingerprint density at radius 2 is 1.80 bits per heavy atom. The molecule has 0 aliphatic heterocycles. The van der Waals surface area contributed by atoms with Gasteiger partial charge in [0.05, 0.1) is 5.52 Å². The van der Waals surface area contributed by atoms with E-state index in [1.165, 1.54) is 5.39 Å². The first-order valence-corrected chi connectivity index (χ1v) is 4.87. The quantitative estimate of drug-likeness (QED) is 0.441. The van der Waals surface area contributed by atoms with E-state index in [1.54, 1.807) is 0 Å². The van der Waals surface area contributed by atoms with E-state index in [9.17, 15) is 0 Å². The van der Waals surface area contributed by atoms with Crippen molar-refractivity contribution in [3.63, 3.8) is 0 Å². The van der Waals surface area contributed by atoms with Gasteiger partial charge in [0, 0.05) is 22.7 Å². The molecular weight excluding hydrogens is 184 g/mol. The van der Waals surface area contributed by atoms with Crippen molar-refractivity contribution < 1.29 is 0 Å². The monoisotopic (exact) mass is 194 g/mol. The lowest BCUT2D eigenvalue weighted by Crippen LogP contribution is -1.86. The van der Waals surface area contributed by atoms with Crippen LogP contribution in [0.3, 0.4) is 0 Å². The van der Waals surface area contributed by atoms with Gasteiger partial charge in [0.1, 0.15) is 0 Å². The Labute approximate surface area is 87.4 Å². The number of benzene rings is 2. The maximum absolute atomic E-state index is 5.73. The zero-order chi connectivity index (χ0) is 10.3. The van der Waals surface area contributed by atoms with Crippen LogP contribution in [0.2, 0.25) is 0 Å². The van der Waals surface area contributed by atoms with Crippen LogP contribution in [0.15, 0.2) is 48.7 Å². The van der Waals surface area contributed by atoms with Crippen molar-refractivity contribution in [2.45, 2.75) is 0 Å². The molecule has 1 aromatic heterocycles. The number of rotatable bonds is 0. The second kappa shape index (κ2) is 2.95. The highest BCUT2D eigenvalue weighted by Gasteiger charge is 2.00. The summed E-state index contributed by atoms with van der Waals surface area (Å²) in [6.45, 7) is 0. The second-order valence-corrected chi connectivity index (χ2v) is 3.62. The molecule has 0 amide bonds. The molecule has 0 aliphatic rings. The highest BCUT2D eigenvalue weighted by molar-refractivity contribution is 6.05. The van der Waals surface area contributed by atoms with E-state index in [2.05, 4.69) is 17.1 Å². The van der Waals surface area contributed by atoms with Crippen LogP contribution < -0.4 is 5.73 Å². The first kappa shape index (κ1) is 8.24. The Bertz CT molecular complexity index is 644. The number of hydrogen-bond donors (Lipinski definition) is 1. The molecule has 0 bridgehead atoms. The van der Waals surface area contributed by atoms with E-state index in [4.69, 9.17) is 5.73 Å². The summed E-state index contributed by atoms with van der Waals surface area (Å²) in [6.07, 6.45) is 1.89. The van der Waals surface area contributed by atoms with Crippen molar-refractivity contribution in [3.05, 3.63) is 48.7 Å². The summed E-state index contributed by atoms with van der Waals surface area (Å²) in [6, 6.07) is 14.1. The van der Waals surface area contributed by atoms with E-state index >= 15 is 0 Å². The highest BCUT2D eigenvalue weighted by Crippen LogP contribution is 2.24. The van der Waals surface area contributed by atoms with Crippen molar-refractivity contribution in [2.24, 2.45) is 0 Å². The minimum Gasteiger partial charge on any atom is -0.399 e. The van der Waals surface area contributed by atoms with Crippen LogP contribution in [-0.2, 0) is 0 Å². The van der Waals surface area contributed by atoms with Crippen LogP contribution in [0, 0.1) is 0 Å². The fourth-order valence-electron chi connectivity index (χ4n) is 1.88. The number of hydrogen-bond acceptors (Lipinski definition) is 2. The van der Waals surface area contributed by atoms with Crippen molar-refractivity contribution in [2.75, 3.05) is 5.73 Å². The van der Waals surface area contributed by atoms with Crippen molar-refractivity contribution in [3.8, 4) is 0 Å². The molecule has 0 radical (unpaired) electrons. The van der Waals surface area contributed by atoms with Gasteiger partial charge in [0.15, 0.2) is 0 Å². The molecule has 2 aromatic carbocycles. The Kier molecular flexibility index (Phi) is 1.62. The zero-order valence-corrected chi connectivity index (χ0v) is 8.14. The SMILES string of the molecule is Nc1ccc2c(c1)ncc1ccccc12. The molecule has 1 heterocycles. The van der Waals surface area contributed by atoms with Crippen LogP contribution in [0.4, 0.5) is 5.69 Å². The van der Waals surface area contributed by atoms with E-state index in [-0.39, 0.29) is 0 Å². The third kappa shape index (κ3) is 1.22. The first-order chi connectivity index (χ1) is 7.34. The standard InChI is InChI=1S/C13H10N2/c14-10-5-6-12-11-4-2-1-3-9(11)8-15-13(12)7-10/h1-8H,14H2. The van der Waals surface area contributed by atoms with Gasteiger partial charge in [-0.15, -0.1) is 0 Å². The van der Waals surface area contributed by atoms with Crippen molar-refractivity contribution in [1.82, 2.24) is 4.98 Å². The molecule has 72 valence electrons. The van der Waals surface area contributed by atoms with E-state index in [0.29, 0.717) is 0 Å². The van der Waals surface area contributed by atoms with Crippen LogP contribution in [0.25, 0.3) is 21.7 Å². The molecule has 3 rings (SSSR count). The summed E-state index contributed by atoms with van der Waals surface area (Å²) in [5, 5.41) is 3.54. The fourth-order valence-corrected chi connectivity index (χ4v) is 1.88. The number of anilines is 1. The summed E-state index contributed by atoms with van der Waals surface area (Å²) in [5.74, 6) is 0. The van der Waals surface area contributed by atoms with Gasteiger partial charge in [-0.05, 0) is 17.5 Å². The van der Waals surface area contributed by atoms with Crippen LogP contribution >= 0.6 is 0 Å². The van der Waals surface area contributed by atoms with Gasteiger partial charge >= 0.3 is 0 Å². The van der Waals surface area contributed by atoms with Crippen molar-refractivity contribution in [1.29, 1.82) is 0 Å². The van der Waals surface area contributed by atoms with Gasteiger partial charge in [0.25, 0.3) is 0 Å². The average molecular weight is 194 g/mol. The molecule has 0 spiro atoms. The molecule has 0 fully saturated rings. The predicted octanol–water partition coefficient (Wildman–Crippen LogP) is 2.97. The van der Waals surface area contributed by atoms with Gasteiger partial charge < -0.3 is 5.73 Å². The second-order valence-electron chi connectivity index (χ2n) is 3.62. The summed E-state index contributed by atoms with van der Waals surface area (Å²) in [4.78, 5) is 4.39. The average Bonchev–Trinajstić information content (AvgIpc) is 2.28. The lowest BCUT2D eigenvalue weighted by Gasteiger charge is -2.03. The normalized spacial score (nSPS) is 10.9. The van der Waals surface area contributed by atoms with Gasteiger partial charge in [-0.2, -0.15) is 0 Å². The summed E-state index contributed by atoms with van der Waals surface area (Å²) < 4.78 is 0. The maximum Gasteiger partial charge on any atom is 0.0728 e. The number of pyridine rings is 1. The number of nitrogen functional groups attached to an aromatic ring is 1. The van der Waals surface area contributed by atoms with E-state index in [0.717, 1.165) is 22.0 Å². The first-order valence-electron chi connectivity index (χ1n) is 4.87. The Balaban J connectivity index is 2.55. The minimum absolute atomic E-state index is 0.755. The predicted molar refractivity (Wildman–Crippen MR) is 63.7 cm³/mol. The van der Waals surface area contributed by atoms with Gasteiger partial charge in [-0.3, -0.25) is 4.98 Å². The largest absolute Gasteiger partial charge is 0.399 e. The molecular formula is C13H10N2. The molecule has 2 nitrogen and oxygen atoms in total. The molecule has 0 aliphatic carbocycles. The van der Waals surface area contributed by atoms with Gasteiger partial charge in [-0.1, -0.05) is 30.3 Å². The number of aromatic nitrogens is 1. The summed E-state index contributed by atoms with van der Waals surface area (Å²) in [7, 11) is 0. The Morgan fingerprint density at radius 3 is 2.73 bits per heavy atom. The van der Waals surface area contributed by atoms with E-state index in [1.807, 2.05) is 36.5 Å². The molecule has 3 aromatic rings. The molecule has 2 heteroatoms. The maximum atomic E-state index is 5.73. The third-order valence-corrected chi connectivity index (χ3v) is 2.62. The lowest BCUT2D eigenvalue weighted by molar-refractivity contribution is 1.44. The van der Waals surface area contributed by atoms with E-state index < -0.39 is 0 Å². The molecule has 0 atom stereocenters. The van der Waals surface area contributed by atoms with Crippen LogP contribution in [0.5, 0.6) is 0 Å². The van der Waals surface area contributed by atoms with Gasteiger partial charge in [0.2, 0.25) is 0 Å². The smallest absolute Gasteiger partial charge is 0.0728 e. The van der Waals surface area contributed by atoms with Gasteiger partial charge in [-0.25, -0.2) is 0 Å². The zero-order valence-electron chi connectivity index (χ0n) is 8.14. The number of fused-ring (bicyclic) bond motifs is 3. The molecule has 0 unspecified atom stereocenters. The minimum atomic E-state index is 0.755. The molecule has 0 saturated heterocycles. The summed E-state index contributed by atoms with van der Waals surface area (Å²) >= 11 is 0. The number of nitrogens with two attached hydrogens (primary N) is 1. The number of nitrogens with zero attached hydrogens (tertiary/aromatic N) is 1. The molecule has 0 saturated carbocycles. The lowest BCUT2D eigenvalue weighted by atomic mass is 10.1. The van der Waals surface area contributed by atoms with Crippen LogP contribution in [0.1, 0.15) is 0 Å². The third-order valence-electron chi connectivity index (χ3n) is 2.62. The Hall–Kier alpha value is -2.09. The molecule has 15 heavy (non-hydrogen) atoms. The highest BCUT2D eigenvalue weighted by atomic mass is 14.7. The Morgan fingerprint density at radius 1 is 0.933 bits per heavy atom. The summed E-state index contributed by atoms with van der Waals surface area (Å²) in [5.41, 5.74) is 7.44. The van der Waals surface area contributed by atoms with Crippen molar-refractivity contribution >= 4 is 27.4 Å².